The first-order chi connectivity index (χ1) is 6.48. The quantitative estimate of drug-likeness (QED) is 0.604. The molecule has 0 nitrogen and oxygen atoms in total. The molecular formula is C14H24. The van der Waals surface area contributed by atoms with Crippen molar-refractivity contribution in [3.8, 4) is 0 Å². The molecule has 1 aliphatic rings. The highest BCUT2D eigenvalue weighted by atomic mass is 14.3. The fraction of sp³-hybridized carbons (Fsp3) is 0.714. The largest absolute Gasteiger partial charge is 0.0767 e. The van der Waals surface area contributed by atoms with Gasteiger partial charge in [-0.15, -0.1) is 0 Å². The van der Waals surface area contributed by atoms with Gasteiger partial charge < -0.3 is 0 Å². The molecule has 0 aromatic heterocycles. The van der Waals surface area contributed by atoms with Crippen LogP contribution in [0.4, 0.5) is 0 Å². The number of hydrogen-bond donors (Lipinski definition) is 0. The van der Waals surface area contributed by atoms with Crippen molar-refractivity contribution in [2.45, 2.75) is 53.9 Å². The summed E-state index contributed by atoms with van der Waals surface area (Å²) in [5, 5.41) is 0. The van der Waals surface area contributed by atoms with Gasteiger partial charge in [0.15, 0.2) is 0 Å². The van der Waals surface area contributed by atoms with Crippen molar-refractivity contribution >= 4 is 0 Å². The van der Waals surface area contributed by atoms with Gasteiger partial charge in [-0.3, -0.25) is 0 Å². The van der Waals surface area contributed by atoms with Gasteiger partial charge in [-0.05, 0) is 43.1 Å². The Hall–Kier alpha value is -0.520. The second-order valence-electron chi connectivity index (χ2n) is 5.37. The molecule has 0 aliphatic heterocycles. The summed E-state index contributed by atoms with van der Waals surface area (Å²) in [5.74, 6) is 0.787. The Labute approximate surface area is 89.1 Å². The van der Waals surface area contributed by atoms with Crippen molar-refractivity contribution in [2.24, 2.45) is 11.3 Å². The van der Waals surface area contributed by atoms with Crippen molar-refractivity contribution in [1.82, 2.24) is 0 Å². The Morgan fingerprint density at radius 3 is 2.43 bits per heavy atom. The maximum absolute atomic E-state index is 2.42. The predicted octanol–water partition coefficient (Wildman–Crippen LogP) is 4.73. The zero-order valence-electron chi connectivity index (χ0n) is 10.4. The van der Waals surface area contributed by atoms with Crippen molar-refractivity contribution in [1.29, 1.82) is 0 Å². The van der Waals surface area contributed by atoms with Gasteiger partial charge in [0.1, 0.15) is 0 Å². The molecule has 1 rings (SSSR count). The van der Waals surface area contributed by atoms with Crippen molar-refractivity contribution in [3.05, 3.63) is 23.3 Å². The van der Waals surface area contributed by atoms with E-state index in [1.54, 1.807) is 5.57 Å². The summed E-state index contributed by atoms with van der Waals surface area (Å²) in [4.78, 5) is 0. The minimum atomic E-state index is 0.409. The van der Waals surface area contributed by atoms with Crippen molar-refractivity contribution in [2.75, 3.05) is 0 Å². The molecule has 0 bridgehead atoms. The van der Waals surface area contributed by atoms with E-state index in [4.69, 9.17) is 0 Å². The molecule has 0 aromatic rings. The maximum Gasteiger partial charge on any atom is -0.00785 e. The first-order valence-corrected chi connectivity index (χ1v) is 5.85. The summed E-state index contributed by atoms with van der Waals surface area (Å²) in [6.45, 7) is 11.6. The Bertz CT molecular complexity index is 255. The average Bonchev–Trinajstić information content (AvgIpc) is 2.51. The number of rotatable bonds is 4. The number of hydrogen-bond acceptors (Lipinski definition) is 0. The lowest BCUT2D eigenvalue weighted by molar-refractivity contribution is 0.308. The van der Waals surface area contributed by atoms with Crippen LogP contribution in [0.3, 0.4) is 0 Å². The smallest absolute Gasteiger partial charge is 0.00785 e. The van der Waals surface area contributed by atoms with E-state index in [0.717, 1.165) is 5.92 Å². The summed E-state index contributed by atoms with van der Waals surface area (Å²) in [6.07, 6.45) is 8.54. The molecule has 0 spiro atoms. The molecule has 0 saturated heterocycles. The molecule has 0 N–H and O–H groups in total. The molecule has 14 heavy (non-hydrogen) atoms. The van der Waals surface area contributed by atoms with E-state index >= 15 is 0 Å². The fourth-order valence-corrected chi connectivity index (χ4v) is 2.44. The molecule has 1 atom stereocenters. The van der Waals surface area contributed by atoms with Crippen LogP contribution in [0.1, 0.15) is 53.9 Å². The van der Waals surface area contributed by atoms with E-state index in [0.29, 0.717) is 5.41 Å². The number of allylic oxidation sites excluding steroid dienone is 4. The lowest BCUT2D eigenvalue weighted by atomic mass is 9.74. The van der Waals surface area contributed by atoms with Gasteiger partial charge in [-0.1, -0.05) is 45.4 Å². The van der Waals surface area contributed by atoms with Crippen LogP contribution >= 0.6 is 0 Å². The summed E-state index contributed by atoms with van der Waals surface area (Å²) in [7, 11) is 0. The summed E-state index contributed by atoms with van der Waals surface area (Å²) in [5.41, 5.74) is 3.50. The van der Waals surface area contributed by atoms with Crippen LogP contribution in [0.15, 0.2) is 23.3 Å². The molecule has 0 radical (unpaired) electrons. The van der Waals surface area contributed by atoms with Gasteiger partial charge in [0.2, 0.25) is 0 Å². The lowest BCUT2D eigenvalue weighted by Gasteiger charge is -2.31. The van der Waals surface area contributed by atoms with Crippen LogP contribution in [0.5, 0.6) is 0 Å². The average molecular weight is 192 g/mol. The fourth-order valence-electron chi connectivity index (χ4n) is 2.44. The molecule has 1 unspecified atom stereocenters. The lowest BCUT2D eigenvalue weighted by Crippen LogP contribution is -2.19. The molecule has 0 heteroatoms. The maximum atomic E-state index is 2.42. The van der Waals surface area contributed by atoms with E-state index in [-0.39, 0.29) is 0 Å². The summed E-state index contributed by atoms with van der Waals surface area (Å²) >= 11 is 0. The zero-order valence-corrected chi connectivity index (χ0v) is 10.4. The van der Waals surface area contributed by atoms with Gasteiger partial charge in [-0.25, -0.2) is 0 Å². The molecule has 0 amide bonds. The van der Waals surface area contributed by atoms with Crippen LogP contribution in [0, 0.1) is 11.3 Å². The Morgan fingerprint density at radius 2 is 2.07 bits per heavy atom. The normalized spacial score (nSPS) is 20.7. The third-order valence-electron chi connectivity index (χ3n) is 3.38. The van der Waals surface area contributed by atoms with Crippen molar-refractivity contribution in [3.63, 3.8) is 0 Å². The molecule has 0 aromatic carbocycles. The van der Waals surface area contributed by atoms with Crippen LogP contribution in [0.25, 0.3) is 0 Å². The highest BCUT2D eigenvalue weighted by Crippen LogP contribution is 2.41. The van der Waals surface area contributed by atoms with E-state index in [1.807, 2.05) is 0 Å². The van der Waals surface area contributed by atoms with Gasteiger partial charge in [0.25, 0.3) is 0 Å². The van der Waals surface area contributed by atoms with Gasteiger partial charge >= 0.3 is 0 Å². The van der Waals surface area contributed by atoms with Crippen LogP contribution in [-0.2, 0) is 0 Å². The van der Waals surface area contributed by atoms with Gasteiger partial charge in [-0.2, -0.15) is 0 Å². The highest BCUT2D eigenvalue weighted by Gasteiger charge is 2.27. The van der Waals surface area contributed by atoms with Gasteiger partial charge in [0.05, 0.1) is 0 Å². The van der Waals surface area contributed by atoms with Crippen LogP contribution in [-0.4, -0.2) is 0 Å². The minimum Gasteiger partial charge on any atom is -0.0767 e. The summed E-state index contributed by atoms with van der Waals surface area (Å²) in [6, 6.07) is 0. The SMILES string of the molecule is CCC(C)(CC(C)C)C1=CCC(C)=C1. The van der Waals surface area contributed by atoms with Crippen LogP contribution < -0.4 is 0 Å². The molecule has 1 aliphatic carbocycles. The Morgan fingerprint density at radius 1 is 1.43 bits per heavy atom. The van der Waals surface area contributed by atoms with Gasteiger partial charge in [0, 0.05) is 0 Å². The van der Waals surface area contributed by atoms with E-state index in [2.05, 4.69) is 46.8 Å². The molecule has 0 heterocycles. The van der Waals surface area contributed by atoms with Crippen LogP contribution in [0.2, 0.25) is 0 Å². The predicted molar refractivity (Wildman–Crippen MR) is 64.3 cm³/mol. The topological polar surface area (TPSA) is 0 Å². The first-order valence-electron chi connectivity index (χ1n) is 5.85. The molecule has 80 valence electrons. The highest BCUT2D eigenvalue weighted by molar-refractivity contribution is 5.36. The Balaban J connectivity index is 2.79. The molecule has 0 fully saturated rings. The monoisotopic (exact) mass is 192 g/mol. The Kier molecular flexibility index (Phi) is 3.58. The second-order valence-corrected chi connectivity index (χ2v) is 5.37. The molecule has 0 saturated carbocycles. The van der Waals surface area contributed by atoms with E-state index in [1.165, 1.54) is 24.8 Å². The van der Waals surface area contributed by atoms with E-state index in [9.17, 15) is 0 Å². The molecular weight excluding hydrogens is 168 g/mol. The zero-order chi connectivity index (χ0) is 10.8. The summed E-state index contributed by atoms with van der Waals surface area (Å²) < 4.78 is 0. The second kappa shape index (κ2) is 4.33. The van der Waals surface area contributed by atoms with E-state index < -0.39 is 0 Å². The van der Waals surface area contributed by atoms with Crippen molar-refractivity contribution < 1.29 is 0 Å². The standard InChI is InChI=1S/C14H24/c1-6-14(5,10-11(2)3)13-8-7-12(4)9-13/h8-9,11H,6-7,10H2,1-5H3. The first kappa shape index (κ1) is 11.6. The third kappa shape index (κ3) is 2.50. The minimum absolute atomic E-state index is 0.409. The third-order valence-corrected chi connectivity index (χ3v) is 3.38.